The van der Waals surface area contributed by atoms with Crippen LogP contribution in [0.4, 0.5) is 11.9 Å². The van der Waals surface area contributed by atoms with E-state index < -0.39 is 0 Å². The van der Waals surface area contributed by atoms with Crippen LogP contribution in [0.1, 0.15) is 19.3 Å². The fraction of sp³-hybridized carbons (Fsp3) is 0.667. The molecule has 0 bridgehead atoms. The van der Waals surface area contributed by atoms with E-state index in [1.54, 1.807) is 7.05 Å². The molecule has 88 valence electrons. The van der Waals surface area contributed by atoms with E-state index in [2.05, 4.69) is 25.6 Å². The van der Waals surface area contributed by atoms with Crippen molar-refractivity contribution in [2.75, 3.05) is 24.3 Å². The number of hydrogen-bond acceptors (Lipinski definition) is 6. The maximum atomic E-state index is 9.31. The van der Waals surface area contributed by atoms with Crippen LogP contribution in [0.15, 0.2) is 0 Å². The van der Waals surface area contributed by atoms with Crippen LogP contribution < -0.4 is 10.6 Å². The quantitative estimate of drug-likeness (QED) is 0.729. The van der Waals surface area contributed by atoms with Crippen molar-refractivity contribution >= 4 is 23.5 Å². The van der Waals surface area contributed by atoms with Crippen molar-refractivity contribution in [1.29, 1.82) is 0 Å². The average Bonchev–Trinajstić information content (AvgIpc) is 2.22. The molecule has 3 N–H and O–H groups in total. The van der Waals surface area contributed by atoms with E-state index in [0.29, 0.717) is 11.9 Å². The van der Waals surface area contributed by atoms with E-state index in [0.717, 1.165) is 19.3 Å². The van der Waals surface area contributed by atoms with Gasteiger partial charge in [-0.15, -0.1) is 0 Å². The van der Waals surface area contributed by atoms with E-state index >= 15 is 0 Å². The van der Waals surface area contributed by atoms with Crippen LogP contribution in [0.2, 0.25) is 5.28 Å². The SMILES string of the molecule is CNc1nc(Cl)nc(NC2(CO)CCC2)n1. The van der Waals surface area contributed by atoms with Crippen LogP contribution in [0.5, 0.6) is 0 Å². The topological polar surface area (TPSA) is 83.0 Å². The molecule has 1 aromatic heterocycles. The molecule has 0 aromatic carbocycles. The van der Waals surface area contributed by atoms with E-state index in [-0.39, 0.29) is 17.4 Å². The zero-order valence-electron chi connectivity index (χ0n) is 9.00. The minimum Gasteiger partial charge on any atom is -0.394 e. The van der Waals surface area contributed by atoms with Gasteiger partial charge in [-0.25, -0.2) is 0 Å². The van der Waals surface area contributed by atoms with Crippen molar-refractivity contribution in [3.63, 3.8) is 0 Å². The molecule has 0 spiro atoms. The second-order valence-electron chi connectivity index (χ2n) is 3.92. The Morgan fingerprint density at radius 3 is 2.50 bits per heavy atom. The number of hydrogen-bond donors (Lipinski definition) is 3. The molecule has 2 rings (SSSR count). The van der Waals surface area contributed by atoms with Gasteiger partial charge in [-0.3, -0.25) is 0 Å². The van der Waals surface area contributed by atoms with Gasteiger partial charge in [-0.1, -0.05) is 0 Å². The van der Waals surface area contributed by atoms with E-state index in [1.165, 1.54) is 0 Å². The van der Waals surface area contributed by atoms with Gasteiger partial charge >= 0.3 is 0 Å². The van der Waals surface area contributed by atoms with Crippen LogP contribution in [-0.2, 0) is 0 Å². The maximum absolute atomic E-state index is 9.31. The van der Waals surface area contributed by atoms with Crippen LogP contribution in [0.25, 0.3) is 0 Å². The Kier molecular flexibility index (Phi) is 3.11. The monoisotopic (exact) mass is 243 g/mol. The molecule has 1 fully saturated rings. The smallest absolute Gasteiger partial charge is 0.229 e. The number of nitrogens with one attached hydrogen (secondary N) is 2. The zero-order valence-corrected chi connectivity index (χ0v) is 9.75. The van der Waals surface area contributed by atoms with Crippen molar-refractivity contribution in [2.45, 2.75) is 24.8 Å². The summed E-state index contributed by atoms with van der Waals surface area (Å²) < 4.78 is 0. The molecule has 16 heavy (non-hydrogen) atoms. The predicted molar refractivity (Wildman–Crippen MR) is 61.7 cm³/mol. The number of rotatable bonds is 4. The number of halogens is 1. The summed E-state index contributed by atoms with van der Waals surface area (Å²) in [6.45, 7) is 0.0746. The van der Waals surface area contributed by atoms with Gasteiger partial charge in [0.05, 0.1) is 12.1 Å². The summed E-state index contributed by atoms with van der Waals surface area (Å²) in [5, 5.41) is 15.4. The first-order valence-electron chi connectivity index (χ1n) is 5.16. The molecule has 0 radical (unpaired) electrons. The van der Waals surface area contributed by atoms with Gasteiger partial charge in [0.1, 0.15) is 0 Å². The van der Waals surface area contributed by atoms with E-state index in [9.17, 15) is 5.11 Å². The van der Waals surface area contributed by atoms with Gasteiger partial charge in [0.15, 0.2) is 0 Å². The molecule has 0 atom stereocenters. The minimum absolute atomic E-state index is 0.0746. The second kappa shape index (κ2) is 4.39. The maximum Gasteiger partial charge on any atom is 0.229 e. The number of aliphatic hydroxyl groups is 1. The highest BCUT2D eigenvalue weighted by molar-refractivity contribution is 6.28. The molecule has 0 saturated heterocycles. The van der Waals surface area contributed by atoms with Gasteiger partial charge in [0, 0.05) is 7.05 Å². The molecule has 7 heteroatoms. The highest BCUT2D eigenvalue weighted by Crippen LogP contribution is 2.34. The Morgan fingerprint density at radius 1 is 1.31 bits per heavy atom. The van der Waals surface area contributed by atoms with Crippen LogP contribution in [-0.4, -0.2) is 39.3 Å². The zero-order chi connectivity index (χ0) is 11.6. The molecular formula is C9H14ClN5O. The fourth-order valence-corrected chi connectivity index (χ4v) is 1.84. The summed E-state index contributed by atoms with van der Waals surface area (Å²) in [6, 6.07) is 0. The number of aliphatic hydroxyl groups excluding tert-OH is 1. The minimum atomic E-state index is -0.282. The molecule has 1 aromatic rings. The first kappa shape index (κ1) is 11.3. The third kappa shape index (κ3) is 2.17. The summed E-state index contributed by atoms with van der Waals surface area (Å²) in [5.74, 6) is 0.813. The first-order chi connectivity index (χ1) is 7.67. The van der Waals surface area contributed by atoms with E-state index in [4.69, 9.17) is 11.6 Å². The Balaban J connectivity index is 2.17. The molecule has 1 heterocycles. The molecule has 1 aliphatic carbocycles. The summed E-state index contributed by atoms with van der Waals surface area (Å²) in [5.41, 5.74) is -0.282. The fourth-order valence-electron chi connectivity index (χ4n) is 1.68. The van der Waals surface area contributed by atoms with Gasteiger partial charge in [-0.2, -0.15) is 15.0 Å². The summed E-state index contributed by atoms with van der Waals surface area (Å²) in [6.07, 6.45) is 2.94. The predicted octanol–water partition coefficient (Wildman–Crippen LogP) is 0.894. The van der Waals surface area contributed by atoms with Crippen molar-refractivity contribution in [1.82, 2.24) is 15.0 Å². The van der Waals surface area contributed by atoms with Gasteiger partial charge < -0.3 is 15.7 Å². The van der Waals surface area contributed by atoms with Gasteiger partial charge in [0.2, 0.25) is 17.2 Å². The lowest BCUT2D eigenvalue weighted by molar-refractivity contribution is 0.143. The Labute approximate surface area is 98.5 Å². The van der Waals surface area contributed by atoms with E-state index in [1.807, 2.05) is 0 Å². The molecule has 1 saturated carbocycles. The molecule has 1 aliphatic rings. The van der Waals surface area contributed by atoms with Gasteiger partial charge in [0.25, 0.3) is 0 Å². The van der Waals surface area contributed by atoms with Crippen molar-refractivity contribution in [3.05, 3.63) is 5.28 Å². The molecule has 0 aliphatic heterocycles. The lowest BCUT2D eigenvalue weighted by Gasteiger charge is -2.40. The average molecular weight is 244 g/mol. The highest BCUT2D eigenvalue weighted by Gasteiger charge is 2.37. The Bertz CT molecular complexity index is 377. The third-order valence-corrected chi connectivity index (χ3v) is 2.99. The first-order valence-corrected chi connectivity index (χ1v) is 5.54. The van der Waals surface area contributed by atoms with Crippen molar-refractivity contribution < 1.29 is 5.11 Å². The normalized spacial score (nSPS) is 17.7. The molecule has 6 nitrogen and oxygen atoms in total. The summed E-state index contributed by atoms with van der Waals surface area (Å²) in [7, 11) is 1.71. The summed E-state index contributed by atoms with van der Waals surface area (Å²) in [4.78, 5) is 12.0. The van der Waals surface area contributed by atoms with Crippen LogP contribution in [0.3, 0.4) is 0 Å². The number of nitrogens with zero attached hydrogens (tertiary/aromatic N) is 3. The molecular weight excluding hydrogens is 230 g/mol. The van der Waals surface area contributed by atoms with Crippen molar-refractivity contribution in [3.8, 4) is 0 Å². The number of aromatic nitrogens is 3. The van der Waals surface area contributed by atoms with Crippen molar-refractivity contribution in [2.24, 2.45) is 0 Å². The second-order valence-corrected chi connectivity index (χ2v) is 4.26. The lowest BCUT2D eigenvalue weighted by atomic mass is 9.77. The molecule has 0 unspecified atom stereocenters. The molecule has 0 amide bonds. The highest BCUT2D eigenvalue weighted by atomic mass is 35.5. The number of anilines is 2. The third-order valence-electron chi connectivity index (χ3n) is 2.82. The lowest BCUT2D eigenvalue weighted by Crippen LogP contribution is -2.48. The Hall–Kier alpha value is -1.14. The summed E-state index contributed by atoms with van der Waals surface area (Å²) >= 11 is 5.76. The largest absolute Gasteiger partial charge is 0.394 e. The Morgan fingerprint density at radius 2 is 2.00 bits per heavy atom. The standard InChI is InChI=1S/C9H14ClN5O/c1-11-7-12-6(10)13-8(14-7)15-9(5-16)3-2-4-9/h16H,2-5H2,1H3,(H2,11,12,13,14,15). The van der Waals surface area contributed by atoms with Crippen LogP contribution >= 0.6 is 11.6 Å². The van der Waals surface area contributed by atoms with Crippen LogP contribution in [0, 0.1) is 0 Å². The van der Waals surface area contributed by atoms with Gasteiger partial charge in [-0.05, 0) is 30.9 Å².